The van der Waals surface area contributed by atoms with E-state index in [1.54, 1.807) is 4.90 Å². The molecule has 2 amide bonds. The van der Waals surface area contributed by atoms with Crippen molar-refractivity contribution in [3.8, 4) is 0 Å². The van der Waals surface area contributed by atoms with E-state index in [9.17, 15) is 9.59 Å². The van der Waals surface area contributed by atoms with Crippen LogP contribution in [0.5, 0.6) is 0 Å². The summed E-state index contributed by atoms with van der Waals surface area (Å²) >= 11 is 0. The predicted molar refractivity (Wildman–Crippen MR) is 105 cm³/mol. The first kappa shape index (κ1) is 17.4. The van der Waals surface area contributed by atoms with E-state index in [-0.39, 0.29) is 11.8 Å². The molecule has 4 rings (SSSR count). The molecule has 0 saturated carbocycles. The van der Waals surface area contributed by atoms with Crippen molar-refractivity contribution in [3.05, 3.63) is 59.2 Å². The van der Waals surface area contributed by atoms with Crippen LogP contribution in [0.4, 0.5) is 11.4 Å². The molecular formula is C21H22N4O2. The highest BCUT2D eigenvalue weighted by Gasteiger charge is 2.36. The van der Waals surface area contributed by atoms with E-state index < -0.39 is 0 Å². The lowest BCUT2D eigenvalue weighted by molar-refractivity contribution is -0.116. The molecule has 0 aromatic heterocycles. The van der Waals surface area contributed by atoms with Crippen molar-refractivity contribution in [3.63, 3.8) is 0 Å². The van der Waals surface area contributed by atoms with Crippen LogP contribution >= 0.6 is 0 Å². The van der Waals surface area contributed by atoms with Crippen molar-refractivity contribution in [2.45, 2.75) is 32.2 Å². The first-order chi connectivity index (χ1) is 13.2. The summed E-state index contributed by atoms with van der Waals surface area (Å²) in [4.78, 5) is 31.1. The number of nitrogens with one attached hydrogen (secondary N) is 1. The summed E-state index contributed by atoms with van der Waals surface area (Å²) in [6.07, 6.45) is 3.23. The number of aliphatic imine (C=N–C) groups is 1. The van der Waals surface area contributed by atoms with Crippen LogP contribution < -0.4 is 11.1 Å². The number of rotatable bonds is 6. The lowest BCUT2D eigenvalue weighted by Crippen LogP contribution is -2.31. The quantitative estimate of drug-likeness (QED) is 0.774. The summed E-state index contributed by atoms with van der Waals surface area (Å²) in [5.41, 5.74) is 9.54. The molecule has 0 fully saturated rings. The molecule has 2 heterocycles. The lowest BCUT2D eigenvalue weighted by Gasteiger charge is -2.23. The molecular weight excluding hydrogens is 340 g/mol. The fraction of sp³-hybridized carbons (Fsp3) is 0.286. The van der Waals surface area contributed by atoms with Crippen molar-refractivity contribution in [1.29, 1.82) is 0 Å². The number of amidine groups is 1. The van der Waals surface area contributed by atoms with Gasteiger partial charge in [0.2, 0.25) is 5.91 Å². The summed E-state index contributed by atoms with van der Waals surface area (Å²) in [5.74, 6) is 0.681. The van der Waals surface area contributed by atoms with Gasteiger partial charge in [0.05, 0.1) is 17.8 Å². The number of anilines is 1. The van der Waals surface area contributed by atoms with Crippen LogP contribution in [0.15, 0.2) is 47.5 Å². The predicted octanol–water partition coefficient (Wildman–Crippen LogP) is 3.19. The van der Waals surface area contributed by atoms with Gasteiger partial charge in [-0.1, -0.05) is 24.6 Å². The number of hydrogen-bond donors (Lipinski definition) is 2. The van der Waals surface area contributed by atoms with Gasteiger partial charge in [-0.15, -0.1) is 0 Å². The van der Waals surface area contributed by atoms with E-state index in [2.05, 4.69) is 10.3 Å². The molecule has 138 valence electrons. The summed E-state index contributed by atoms with van der Waals surface area (Å²) in [7, 11) is 0. The first-order valence-electron chi connectivity index (χ1n) is 9.30. The van der Waals surface area contributed by atoms with Crippen LogP contribution in [0.25, 0.3) is 0 Å². The van der Waals surface area contributed by atoms with Crippen LogP contribution in [0.3, 0.4) is 0 Å². The van der Waals surface area contributed by atoms with Gasteiger partial charge in [0, 0.05) is 17.7 Å². The van der Waals surface area contributed by atoms with Crippen LogP contribution in [0.2, 0.25) is 0 Å². The first-order valence-corrected chi connectivity index (χ1v) is 9.30. The van der Waals surface area contributed by atoms with Gasteiger partial charge in [0.1, 0.15) is 5.84 Å². The van der Waals surface area contributed by atoms with Crippen molar-refractivity contribution < 1.29 is 9.59 Å². The number of benzene rings is 2. The number of nitrogens with zero attached hydrogens (tertiary/aromatic N) is 2. The smallest absolute Gasteiger partial charge is 0.260 e. The summed E-state index contributed by atoms with van der Waals surface area (Å²) in [6, 6.07) is 13.2. The fourth-order valence-corrected chi connectivity index (χ4v) is 3.53. The zero-order chi connectivity index (χ0) is 18.8. The zero-order valence-electron chi connectivity index (χ0n) is 15.1. The van der Waals surface area contributed by atoms with Crippen LogP contribution in [-0.4, -0.2) is 29.1 Å². The van der Waals surface area contributed by atoms with E-state index in [1.807, 2.05) is 42.5 Å². The molecule has 6 heteroatoms. The van der Waals surface area contributed by atoms with Crippen LogP contribution in [0, 0.1) is 0 Å². The summed E-state index contributed by atoms with van der Waals surface area (Å²) < 4.78 is 0. The van der Waals surface area contributed by atoms with Gasteiger partial charge >= 0.3 is 0 Å². The van der Waals surface area contributed by atoms with Gasteiger partial charge < -0.3 is 11.1 Å². The third-order valence-electron chi connectivity index (χ3n) is 4.93. The minimum absolute atomic E-state index is 0.00312. The minimum atomic E-state index is -0.0238. The van der Waals surface area contributed by atoms with Gasteiger partial charge in [-0.05, 0) is 49.2 Å². The largest absolute Gasteiger partial charge is 0.330 e. The maximum Gasteiger partial charge on any atom is 0.260 e. The Kier molecular flexibility index (Phi) is 4.73. The second-order valence-electron chi connectivity index (χ2n) is 6.86. The summed E-state index contributed by atoms with van der Waals surface area (Å²) in [5, 5.41) is 2.93. The molecule has 2 aromatic rings. The fourth-order valence-electron chi connectivity index (χ4n) is 3.53. The number of amides is 2. The SMILES string of the molecule is NCCCCCC(=O)Nc1ccc2c(c1)CN1C(=O)c3ccccc3C1=N2. The molecule has 3 N–H and O–H groups in total. The average molecular weight is 362 g/mol. The van der Waals surface area contributed by atoms with E-state index in [0.29, 0.717) is 30.9 Å². The Balaban J connectivity index is 1.50. The molecule has 27 heavy (non-hydrogen) atoms. The minimum Gasteiger partial charge on any atom is -0.330 e. The van der Waals surface area contributed by atoms with Gasteiger partial charge in [-0.25, -0.2) is 4.99 Å². The molecule has 6 nitrogen and oxygen atoms in total. The molecule has 0 bridgehead atoms. The third-order valence-corrected chi connectivity index (χ3v) is 4.93. The van der Waals surface area contributed by atoms with Crippen molar-refractivity contribution in [2.24, 2.45) is 10.7 Å². The van der Waals surface area contributed by atoms with Crippen LogP contribution in [0.1, 0.15) is 47.2 Å². The molecule has 0 saturated heterocycles. The molecule has 2 aliphatic heterocycles. The highest BCUT2D eigenvalue weighted by Crippen LogP contribution is 2.35. The maximum atomic E-state index is 12.6. The van der Waals surface area contributed by atoms with Crippen LogP contribution in [-0.2, 0) is 11.3 Å². The molecule has 2 aromatic carbocycles. The number of nitrogens with two attached hydrogens (primary N) is 1. The van der Waals surface area contributed by atoms with Crippen molar-refractivity contribution >= 4 is 29.0 Å². The monoisotopic (exact) mass is 362 g/mol. The highest BCUT2D eigenvalue weighted by atomic mass is 16.2. The Labute approximate surface area is 158 Å². The van der Waals surface area contributed by atoms with E-state index >= 15 is 0 Å². The van der Waals surface area contributed by atoms with Gasteiger partial charge in [-0.3, -0.25) is 14.5 Å². The van der Waals surface area contributed by atoms with Gasteiger partial charge in [0.25, 0.3) is 5.91 Å². The number of fused-ring (bicyclic) bond motifs is 4. The van der Waals surface area contributed by atoms with Gasteiger partial charge in [0.15, 0.2) is 0 Å². The maximum absolute atomic E-state index is 12.6. The Morgan fingerprint density at radius 3 is 2.74 bits per heavy atom. The number of carbonyl (C=O) groups is 2. The van der Waals surface area contributed by atoms with Crippen molar-refractivity contribution in [2.75, 3.05) is 11.9 Å². The second-order valence-corrected chi connectivity index (χ2v) is 6.86. The number of unbranched alkanes of at least 4 members (excludes halogenated alkanes) is 2. The molecule has 0 aliphatic carbocycles. The number of hydrogen-bond acceptors (Lipinski definition) is 4. The molecule has 0 radical (unpaired) electrons. The highest BCUT2D eigenvalue weighted by molar-refractivity contribution is 6.24. The molecule has 0 spiro atoms. The normalized spacial score (nSPS) is 14.3. The second kappa shape index (κ2) is 7.32. The van der Waals surface area contributed by atoms with Gasteiger partial charge in [-0.2, -0.15) is 0 Å². The Hall–Kier alpha value is -2.99. The van der Waals surface area contributed by atoms with Crippen molar-refractivity contribution in [1.82, 2.24) is 4.90 Å². The van der Waals surface area contributed by atoms with E-state index in [1.165, 1.54) is 0 Å². The standard InChI is InChI=1S/C21H22N4O2/c22-11-5-1-2-8-19(26)23-15-9-10-18-14(12-15)13-25-20(24-18)16-6-3-4-7-17(16)21(25)27/h3-4,6-7,9-10,12H,1-2,5,8,11,13,22H2,(H,23,26). The molecule has 2 aliphatic rings. The van der Waals surface area contributed by atoms with E-state index in [4.69, 9.17) is 5.73 Å². The van der Waals surface area contributed by atoms with E-state index in [0.717, 1.165) is 41.8 Å². The summed E-state index contributed by atoms with van der Waals surface area (Å²) in [6.45, 7) is 1.12. The Bertz CT molecular complexity index is 936. The Morgan fingerprint density at radius 1 is 1.11 bits per heavy atom. The zero-order valence-corrected chi connectivity index (χ0v) is 15.1. The average Bonchev–Trinajstić information content (AvgIpc) is 2.96. The topological polar surface area (TPSA) is 87.8 Å². The molecule has 0 atom stereocenters. The number of carbonyl (C=O) groups excluding carboxylic acids is 2. The molecule has 0 unspecified atom stereocenters. The Morgan fingerprint density at radius 2 is 1.93 bits per heavy atom. The lowest BCUT2D eigenvalue weighted by atomic mass is 10.1. The third kappa shape index (κ3) is 3.36.